The first-order chi connectivity index (χ1) is 9.88. The third-order valence-electron chi connectivity index (χ3n) is 4.85. The van der Waals surface area contributed by atoms with E-state index in [2.05, 4.69) is 25.4 Å². The highest BCUT2D eigenvalue weighted by Gasteiger charge is 2.35. The molecule has 4 rings (SSSR count). The zero-order valence-corrected chi connectivity index (χ0v) is 11.8. The molecule has 0 saturated carbocycles. The van der Waals surface area contributed by atoms with Crippen LogP contribution in [0.1, 0.15) is 31.5 Å². The lowest BCUT2D eigenvalue weighted by atomic mass is 9.94. The maximum absolute atomic E-state index is 5.66. The van der Waals surface area contributed by atoms with Crippen molar-refractivity contribution >= 4 is 5.95 Å². The largest absolute Gasteiger partial charge is 0.378 e. The van der Waals surface area contributed by atoms with Gasteiger partial charge in [-0.25, -0.2) is 0 Å². The molecule has 2 N–H and O–H groups in total. The highest BCUT2D eigenvalue weighted by molar-refractivity contribution is 5.32. The van der Waals surface area contributed by atoms with E-state index in [0.29, 0.717) is 12.1 Å². The normalized spacial score (nSPS) is 33.6. The first-order valence-corrected chi connectivity index (χ1v) is 7.90. The van der Waals surface area contributed by atoms with Crippen LogP contribution >= 0.6 is 0 Å². The van der Waals surface area contributed by atoms with Crippen LogP contribution in [-0.2, 0) is 11.2 Å². The molecule has 0 aromatic carbocycles. The molecular formula is C14H23N5O. The molecule has 3 saturated heterocycles. The summed E-state index contributed by atoms with van der Waals surface area (Å²) >= 11 is 0. The summed E-state index contributed by atoms with van der Waals surface area (Å²) in [4.78, 5) is 6.99. The number of hydrogen-bond donors (Lipinski definition) is 2. The molecule has 3 atom stereocenters. The molecule has 0 spiro atoms. The fourth-order valence-corrected chi connectivity index (χ4v) is 3.75. The Morgan fingerprint density at radius 1 is 1.25 bits per heavy atom. The van der Waals surface area contributed by atoms with Crippen molar-refractivity contribution < 1.29 is 4.74 Å². The van der Waals surface area contributed by atoms with Gasteiger partial charge in [-0.2, -0.15) is 4.98 Å². The number of aromatic amines is 1. The minimum absolute atomic E-state index is 0.332. The van der Waals surface area contributed by atoms with Crippen LogP contribution in [0.25, 0.3) is 0 Å². The summed E-state index contributed by atoms with van der Waals surface area (Å²) in [7, 11) is 0. The molecule has 6 nitrogen and oxygen atoms in total. The minimum Gasteiger partial charge on any atom is -0.378 e. The van der Waals surface area contributed by atoms with Crippen LogP contribution in [0.4, 0.5) is 5.95 Å². The van der Waals surface area contributed by atoms with Crippen molar-refractivity contribution in [2.75, 3.05) is 31.1 Å². The van der Waals surface area contributed by atoms with Crippen molar-refractivity contribution in [2.45, 2.75) is 44.2 Å². The van der Waals surface area contributed by atoms with E-state index in [9.17, 15) is 0 Å². The van der Waals surface area contributed by atoms with Crippen LogP contribution in [0.2, 0.25) is 0 Å². The first kappa shape index (κ1) is 12.6. The van der Waals surface area contributed by atoms with E-state index >= 15 is 0 Å². The van der Waals surface area contributed by atoms with Crippen molar-refractivity contribution in [1.29, 1.82) is 0 Å². The molecule has 0 bridgehead atoms. The summed E-state index contributed by atoms with van der Waals surface area (Å²) in [5.74, 6) is 2.60. The lowest BCUT2D eigenvalue weighted by Gasteiger charge is -2.24. The third kappa shape index (κ3) is 2.42. The van der Waals surface area contributed by atoms with E-state index in [1.165, 1.54) is 19.3 Å². The average Bonchev–Trinajstić information content (AvgIpc) is 3.18. The van der Waals surface area contributed by atoms with E-state index in [0.717, 1.165) is 56.8 Å². The number of nitrogens with one attached hydrogen (secondary N) is 2. The van der Waals surface area contributed by atoms with Gasteiger partial charge >= 0.3 is 0 Å². The topological polar surface area (TPSA) is 66.1 Å². The van der Waals surface area contributed by atoms with Gasteiger partial charge in [-0.15, -0.1) is 5.10 Å². The molecule has 3 aliphatic heterocycles. The number of hydrogen-bond acceptors (Lipinski definition) is 5. The van der Waals surface area contributed by atoms with Gasteiger partial charge in [0.1, 0.15) is 5.82 Å². The van der Waals surface area contributed by atoms with Crippen molar-refractivity contribution in [1.82, 2.24) is 20.5 Å². The third-order valence-corrected chi connectivity index (χ3v) is 4.85. The van der Waals surface area contributed by atoms with Crippen molar-refractivity contribution in [3.8, 4) is 0 Å². The predicted molar refractivity (Wildman–Crippen MR) is 75.8 cm³/mol. The van der Waals surface area contributed by atoms with E-state index in [-0.39, 0.29) is 0 Å². The number of anilines is 1. The van der Waals surface area contributed by atoms with Gasteiger partial charge in [0, 0.05) is 32.2 Å². The Bertz CT molecular complexity index is 442. The molecule has 110 valence electrons. The van der Waals surface area contributed by atoms with Gasteiger partial charge < -0.3 is 15.0 Å². The smallest absolute Gasteiger partial charge is 0.244 e. The Labute approximate surface area is 119 Å². The van der Waals surface area contributed by atoms with E-state index < -0.39 is 0 Å². The highest BCUT2D eigenvalue weighted by atomic mass is 16.5. The molecule has 0 amide bonds. The van der Waals surface area contributed by atoms with E-state index in [4.69, 9.17) is 4.74 Å². The Kier molecular flexibility index (Phi) is 3.36. The Hall–Kier alpha value is -1.14. The molecule has 3 unspecified atom stereocenters. The standard InChI is InChI=1S/C14H23N5O/c1-3-10-8-19(9-12(10)15-5-1)14-16-13(17-18-14)7-11-4-2-6-20-11/h10-12,15H,1-9H2,(H,16,17,18). The van der Waals surface area contributed by atoms with Crippen LogP contribution < -0.4 is 10.2 Å². The van der Waals surface area contributed by atoms with Gasteiger partial charge in [-0.1, -0.05) is 0 Å². The minimum atomic E-state index is 0.332. The predicted octanol–water partition coefficient (Wildman–Crippen LogP) is 0.714. The lowest BCUT2D eigenvalue weighted by Crippen LogP contribution is -2.40. The zero-order valence-electron chi connectivity index (χ0n) is 11.8. The fraction of sp³-hybridized carbons (Fsp3) is 0.857. The highest BCUT2D eigenvalue weighted by Crippen LogP contribution is 2.27. The summed E-state index contributed by atoms with van der Waals surface area (Å²) in [6.07, 6.45) is 6.15. The molecule has 20 heavy (non-hydrogen) atoms. The maximum atomic E-state index is 5.66. The van der Waals surface area contributed by atoms with Gasteiger partial charge in [0.2, 0.25) is 5.95 Å². The van der Waals surface area contributed by atoms with Crippen LogP contribution in [0.15, 0.2) is 0 Å². The molecule has 6 heteroatoms. The number of ether oxygens (including phenoxy) is 1. The van der Waals surface area contributed by atoms with Crippen molar-refractivity contribution in [3.05, 3.63) is 5.82 Å². The summed E-state index contributed by atoms with van der Waals surface area (Å²) in [6.45, 7) is 4.19. The Morgan fingerprint density at radius 3 is 3.10 bits per heavy atom. The van der Waals surface area contributed by atoms with Gasteiger partial charge in [0.25, 0.3) is 0 Å². The van der Waals surface area contributed by atoms with Gasteiger partial charge in [-0.05, 0) is 38.1 Å². The molecule has 3 aliphatic rings. The number of fused-ring (bicyclic) bond motifs is 1. The van der Waals surface area contributed by atoms with Crippen LogP contribution in [0.5, 0.6) is 0 Å². The monoisotopic (exact) mass is 277 g/mol. The fourth-order valence-electron chi connectivity index (χ4n) is 3.75. The first-order valence-electron chi connectivity index (χ1n) is 7.90. The summed E-state index contributed by atoms with van der Waals surface area (Å²) in [5.41, 5.74) is 0. The maximum Gasteiger partial charge on any atom is 0.244 e. The molecular weight excluding hydrogens is 254 g/mol. The SMILES string of the molecule is C1COC(Cc2nc(N3CC4CCCNC4C3)n[nH]2)C1. The molecule has 0 aliphatic carbocycles. The summed E-state index contributed by atoms with van der Waals surface area (Å²) in [6, 6.07) is 0.629. The number of aromatic nitrogens is 3. The molecule has 1 aromatic rings. The van der Waals surface area contributed by atoms with Crippen molar-refractivity contribution in [3.63, 3.8) is 0 Å². The van der Waals surface area contributed by atoms with E-state index in [1.54, 1.807) is 0 Å². The molecule has 1 aromatic heterocycles. The second kappa shape index (κ2) is 5.33. The summed E-state index contributed by atoms with van der Waals surface area (Å²) in [5, 5.41) is 11.1. The van der Waals surface area contributed by atoms with Gasteiger partial charge in [0.05, 0.1) is 6.10 Å². The number of rotatable bonds is 3. The Morgan fingerprint density at radius 2 is 2.25 bits per heavy atom. The van der Waals surface area contributed by atoms with Crippen LogP contribution in [0.3, 0.4) is 0 Å². The van der Waals surface area contributed by atoms with Gasteiger partial charge in [-0.3, -0.25) is 5.10 Å². The molecule has 4 heterocycles. The van der Waals surface area contributed by atoms with Gasteiger partial charge in [0.15, 0.2) is 0 Å². The van der Waals surface area contributed by atoms with Crippen molar-refractivity contribution in [2.24, 2.45) is 5.92 Å². The van der Waals surface area contributed by atoms with E-state index in [1.807, 2.05) is 0 Å². The lowest BCUT2D eigenvalue weighted by molar-refractivity contribution is 0.110. The van der Waals surface area contributed by atoms with Crippen LogP contribution in [0, 0.1) is 5.92 Å². The number of H-pyrrole nitrogens is 1. The average molecular weight is 277 g/mol. The number of nitrogens with zero attached hydrogens (tertiary/aromatic N) is 3. The molecule has 3 fully saturated rings. The number of piperidine rings is 1. The zero-order chi connectivity index (χ0) is 13.4. The second-order valence-corrected chi connectivity index (χ2v) is 6.29. The Balaban J connectivity index is 1.40. The quantitative estimate of drug-likeness (QED) is 0.852. The summed E-state index contributed by atoms with van der Waals surface area (Å²) < 4.78 is 5.66. The van der Waals surface area contributed by atoms with Crippen LogP contribution in [-0.4, -0.2) is 53.6 Å². The molecule has 0 radical (unpaired) electrons. The second-order valence-electron chi connectivity index (χ2n) is 6.29.